The number of aromatic nitrogens is 3. The first-order valence-corrected chi connectivity index (χ1v) is 5.90. The molecule has 0 saturated carbocycles. The van der Waals surface area contributed by atoms with Crippen molar-refractivity contribution in [3.8, 4) is 11.7 Å². The lowest BCUT2D eigenvalue weighted by atomic mass is 10.2. The van der Waals surface area contributed by atoms with E-state index in [0.717, 1.165) is 16.7 Å². The number of fused-ring (bicyclic) bond motifs is 1. The van der Waals surface area contributed by atoms with Crippen LogP contribution in [-0.2, 0) is 0 Å². The van der Waals surface area contributed by atoms with Crippen molar-refractivity contribution >= 4 is 10.9 Å². The predicted molar refractivity (Wildman–Crippen MR) is 70.0 cm³/mol. The molecular formula is C14H13N3O. The molecule has 1 aromatic carbocycles. The molecule has 90 valence electrons. The second-order valence-electron chi connectivity index (χ2n) is 3.89. The summed E-state index contributed by atoms with van der Waals surface area (Å²) in [6.45, 7) is 2.64. The van der Waals surface area contributed by atoms with Crippen LogP contribution in [0.5, 0.6) is 5.75 Å². The van der Waals surface area contributed by atoms with Crippen molar-refractivity contribution in [1.82, 2.24) is 14.5 Å². The summed E-state index contributed by atoms with van der Waals surface area (Å²) < 4.78 is 7.48. The Balaban J connectivity index is 2.15. The van der Waals surface area contributed by atoms with E-state index in [1.165, 1.54) is 0 Å². The molecule has 3 aromatic rings. The van der Waals surface area contributed by atoms with Crippen LogP contribution in [0, 0.1) is 0 Å². The third-order valence-electron chi connectivity index (χ3n) is 2.74. The van der Waals surface area contributed by atoms with Crippen molar-refractivity contribution in [3.05, 3.63) is 48.9 Å². The Labute approximate surface area is 105 Å². The summed E-state index contributed by atoms with van der Waals surface area (Å²) in [4.78, 5) is 8.52. The summed E-state index contributed by atoms with van der Waals surface area (Å²) >= 11 is 0. The summed E-state index contributed by atoms with van der Waals surface area (Å²) in [5, 5.41) is 1.14. The lowest BCUT2D eigenvalue weighted by Gasteiger charge is -2.05. The number of rotatable bonds is 3. The number of hydrogen-bond donors (Lipinski definition) is 0. The summed E-state index contributed by atoms with van der Waals surface area (Å²) in [7, 11) is 0. The molecule has 0 fully saturated rings. The van der Waals surface area contributed by atoms with Gasteiger partial charge in [0.25, 0.3) is 0 Å². The molecule has 2 heterocycles. The lowest BCUT2D eigenvalue weighted by Crippen LogP contribution is -1.98. The number of ether oxygens (including phenoxy) is 1. The fourth-order valence-corrected chi connectivity index (χ4v) is 1.95. The van der Waals surface area contributed by atoms with Crippen molar-refractivity contribution in [2.45, 2.75) is 6.92 Å². The Hall–Kier alpha value is -2.36. The molecule has 0 aliphatic heterocycles. The lowest BCUT2D eigenvalue weighted by molar-refractivity contribution is 0.340. The Bertz CT molecular complexity index is 661. The molecule has 0 atom stereocenters. The highest BCUT2D eigenvalue weighted by Crippen LogP contribution is 2.23. The molecule has 0 unspecified atom stereocenters. The van der Waals surface area contributed by atoms with Gasteiger partial charge in [-0.3, -0.25) is 4.57 Å². The standard InChI is InChI=1S/C14H13N3O/c1-2-18-12-5-4-11-6-9-17(13(11)10-12)14-15-7-3-8-16-14/h3-10H,2H2,1H3. The average molecular weight is 239 g/mol. The van der Waals surface area contributed by atoms with E-state index in [0.29, 0.717) is 12.6 Å². The minimum atomic E-state index is 0.661. The highest BCUT2D eigenvalue weighted by Gasteiger charge is 2.06. The van der Waals surface area contributed by atoms with E-state index in [2.05, 4.69) is 9.97 Å². The number of nitrogens with zero attached hydrogens (tertiary/aromatic N) is 3. The Morgan fingerprint density at radius 2 is 2.00 bits per heavy atom. The van der Waals surface area contributed by atoms with Gasteiger partial charge in [0.15, 0.2) is 0 Å². The van der Waals surface area contributed by atoms with Gasteiger partial charge in [0.05, 0.1) is 12.1 Å². The van der Waals surface area contributed by atoms with Gasteiger partial charge in [0.1, 0.15) is 5.75 Å². The average Bonchev–Trinajstić information content (AvgIpc) is 2.83. The van der Waals surface area contributed by atoms with E-state index >= 15 is 0 Å². The Kier molecular flexibility index (Phi) is 2.68. The van der Waals surface area contributed by atoms with Gasteiger partial charge < -0.3 is 4.74 Å². The van der Waals surface area contributed by atoms with Gasteiger partial charge in [-0.05, 0) is 31.2 Å². The molecule has 4 nitrogen and oxygen atoms in total. The predicted octanol–water partition coefficient (Wildman–Crippen LogP) is 2.82. The second-order valence-corrected chi connectivity index (χ2v) is 3.89. The first-order valence-electron chi connectivity index (χ1n) is 5.90. The Morgan fingerprint density at radius 3 is 2.78 bits per heavy atom. The molecule has 0 spiro atoms. The molecule has 0 radical (unpaired) electrons. The molecule has 0 aliphatic carbocycles. The molecule has 0 saturated heterocycles. The zero-order valence-electron chi connectivity index (χ0n) is 10.1. The molecular weight excluding hydrogens is 226 g/mol. The number of hydrogen-bond acceptors (Lipinski definition) is 3. The first kappa shape index (κ1) is 10.8. The number of benzene rings is 1. The zero-order valence-corrected chi connectivity index (χ0v) is 10.1. The van der Waals surface area contributed by atoms with Crippen LogP contribution in [0.25, 0.3) is 16.9 Å². The fourth-order valence-electron chi connectivity index (χ4n) is 1.95. The SMILES string of the molecule is CCOc1ccc2ccn(-c3ncccn3)c2c1. The van der Waals surface area contributed by atoms with Gasteiger partial charge in [-0.15, -0.1) is 0 Å². The Morgan fingerprint density at radius 1 is 1.17 bits per heavy atom. The van der Waals surface area contributed by atoms with Crippen LogP contribution in [0.4, 0.5) is 0 Å². The van der Waals surface area contributed by atoms with Crippen molar-refractivity contribution in [2.24, 2.45) is 0 Å². The molecule has 0 bridgehead atoms. The molecule has 3 rings (SSSR count). The van der Waals surface area contributed by atoms with Crippen LogP contribution in [0.1, 0.15) is 6.92 Å². The highest BCUT2D eigenvalue weighted by atomic mass is 16.5. The van der Waals surface area contributed by atoms with Gasteiger partial charge in [-0.1, -0.05) is 0 Å². The maximum Gasteiger partial charge on any atom is 0.234 e. The molecule has 2 aromatic heterocycles. The molecule has 18 heavy (non-hydrogen) atoms. The van der Waals surface area contributed by atoms with Crippen LogP contribution in [-0.4, -0.2) is 21.1 Å². The van der Waals surface area contributed by atoms with Gasteiger partial charge in [-0.2, -0.15) is 0 Å². The summed E-state index contributed by atoms with van der Waals surface area (Å²) in [6, 6.07) is 9.87. The third kappa shape index (κ3) is 1.82. The molecule has 0 aliphatic rings. The van der Waals surface area contributed by atoms with Crippen LogP contribution < -0.4 is 4.74 Å². The van der Waals surface area contributed by atoms with Gasteiger partial charge >= 0.3 is 0 Å². The van der Waals surface area contributed by atoms with E-state index in [-0.39, 0.29) is 0 Å². The maximum atomic E-state index is 5.52. The van der Waals surface area contributed by atoms with Gasteiger partial charge in [0, 0.05) is 30.0 Å². The normalized spacial score (nSPS) is 10.7. The van der Waals surface area contributed by atoms with Gasteiger partial charge in [0.2, 0.25) is 5.95 Å². The van der Waals surface area contributed by atoms with Crippen LogP contribution in [0.15, 0.2) is 48.9 Å². The topological polar surface area (TPSA) is 39.9 Å². The fraction of sp³-hybridized carbons (Fsp3) is 0.143. The van der Waals surface area contributed by atoms with E-state index in [1.807, 2.05) is 42.0 Å². The van der Waals surface area contributed by atoms with E-state index in [9.17, 15) is 0 Å². The van der Waals surface area contributed by atoms with Crippen LogP contribution in [0.3, 0.4) is 0 Å². The quantitative estimate of drug-likeness (QED) is 0.705. The van der Waals surface area contributed by atoms with Crippen molar-refractivity contribution < 1.29 is 4.74 Å². The minimum absolute atomic E-state index is 0.661. The summed E-state index contributed by atoms with van der Waals surface area (Å²) in [6.07, 6.45) is 5.44. The minimum Gasteiger partial charge on any atom is -0.494 e. The summed E-state index contributed by atoms with van der Waals surface area (Å²) in [5.41, 5.74) is 1.05. The second kappa shape index (κ2) is 4.49. The highest BCUT2D eigenvalue weighted by molar-refractivity contribution is 5.82. The van der Waals surface area contributed by atoms with E-state index in [4.69, 9.17) is 4.74 Å². The van der Waals surface area contributed by atoms with Gasteiger partial charge in [-0.25, -0.2) is 9.97 Å². The summed E-state index contributed by atoms with van der Waals surface area (Å²) in [5.74, 6) is 1.53. The smallest absolute Gasteiger partial charge is 0.234 e. The van der Waals surface area contributed by atoms with E-state index in [1.54, 1.807) is 18.5 Å². The zero-order chi connectivity index (χ0) is 12.4. The van der Waals surface area contributed by atoms with Crippen LogP contribution >= 0.6 is 0 Å². The monoisotopic (exact) mass is 239 g/mol. The molecule has 0 amide bonds. The molecule has 0 N–H and O–H groups in total. The largest absolute Gasteiger partial charge is 0.494 e. The van der Waals surface area contributed by atoms with Crippen molar-refractivity contribution in [1.29, 1.82) is 0 Å². The van der Waals surface area contributed by atoms with Crippen molar-refractivity contribution in [2.75, 3.05) is 6.61 Å². The van der Waals surface area contributed by atoms with Crippen molar-refractivity contribution in [3.63, 3.8) is 0 Å². The first-order chi connectivity index (χ1) is 8.88. The third-order valence-corrected chi connectivity index (χ3v) is 2.74. The molecule has 4 heteroatoms. The van der Waals surface area contributed by atoms with E-state index < -0.39 is 0 Å². The van der Waals surface area contributed by atoms with Crippen LogP contribution in [0.2, 0.25) is 0 Å². The maximum absolute atomic E-state index is 5.52.